The molecule has 152 valence electrons. The molecule has 0 unspecified atom stereocenters. The number of hydrogen-bond acceptors (Lipinski definition) is 7. The van der Waals surface area contributed by atoms with Crippen LogP contribution in [-0.2, 0) is 9.84 Å². The van der Waals surface area contributed by atoms with Crippen LogP contribution in [0.15, 0.2) is 35.5 Å². The fourth-order valence-corrected chi connectivity index (χ4v) is 4.02. The molecule has 0 radical (unpaired) electrons. The van der Waals surface area contributed by atoms with Crippen molar-refractivity contribution in [3.63, 3.8) is 0 Å². The molecule has 1 aromatic heterocycles. The van der Waals surface area contributed by atoms with Crippen molar-refractivity contribution in [3.05, 3.63) is 36.4 Å². The van der Waals surface area contributed by atoms with Crippen molar-refractivity contribution in [2.24, 2.45) is 5.92 Å². The minimum atomic E-state index is -3.46. The van der Waals surface area contributed by atoms with Crippen LogP contribution in [0.25, 0.3) is 0 Å². The second-order valence-electron chi connectivity index (χ2n) is 7.25. The smallest absolute Gasteiger partial charge is 0.175 e. The minimum Gasteiger partial charge on any atom is -0.359 e. The molecule has 0 amide bonds. The van der Waals surface area contributed by atoms with Gasteiger partial charge in [0.25, 0.3) is 0 Å². The molecule has 3 rings (SSSR count). The Kier molecular flexibility index (Phi) is 6.14. The Balaban J connectivity index is 1.79. The summed E-state index contributed by atoms with van der Waals surface area (Å²) in [5.74, 6) is 1.30. The number of benzene rings is 1. The molecule has 1 fully saturated rings. The van der Waals surface area contributed by atoms with E-state index < -0.39 is 15.7 Å². The van der Waals surface area contributed by atoms with Crippen LogP contribution in [0.1, 0.15) is 12.8 Å². The second-order valence-corrected chi connectivity index (χ2v) is 9.27. The van der Waals surface area contributed by atoms with E-state index in [-0.39, 0.29) is 10.6 Å². The van der Waals surface area contributed by atoms with Crippen molar-refractivity contribution in [1.29, 1.82) is 0 Å². The Bertz CT molecular complexity index is 932. The van der Waals surface area contributed by atoms with Gasteiger partial charge in [0.15, 0.2) is 9.84 Å². The molecular weight excluding hydrogens is 381 g/mol. The first-order valence-corrected chi connectivity index (χ1v) is 11.1. The molecule has 2 heterocycles. The lowest BCUT2D eigenvalue weighted by atomic mass is 9.98. The molecular formula is C19H26FN5O2S. The first-order valence-electron chi connectivity index (χ1n) is 9.23. The van der Waals surface area contributed by atoms with Gasteiger partial charge >= 0.3 is 0 Å². The van der Waals surface area contributed by atoms with Gasteiger partial charge < -0.3 is 15.1 Å². The predicted octanol–water partition coefficient (Wildman–Crippen LogP) is 2.22. The normalized spacial score (nSPS) is 15.4. The van der Waals surface area contributed by atoms with Crippen LogP contribution in [0, 0.1) is 11.7 Å². The molecule has 7 nitrogen and oxygen atoms in total. The molecule has 0 atom stereocenters. The molecule has 28 heavy (non-hydrogen) atoms. The van der Waals surface area contributed by atoms with Gasteiger partial charge in [-0.15, -0.1) is 0 Å². The second kappa shape index (κ2) is 8.40. The SMILES string of the molecule is CN(CC1CCNCC1)c1cc(N(C)c2ccc(S(C)(=O)=O)cc2F)ncn1. The summed E-state index contributed by atoms with van der Waals surface area (Å²) >= 11 is 0. The highest BCUT2D eigenvalue weighted by atomic mass is 32.2. The van der Waals surface area contributed by atoms with E-state index in [0.717, 1.165) is 50.6 Å². The summed E-state index contributed by atoms with van der Waals surface area (Å²) in [5.41, 5.74) is 0.248. The van der Waals surface area contributed by atoms with Gasteiger partial charge in [-0.2, -0.15) is 0 Å². The molecule has 0 saturated carbocycles. The van der Waals surface area contributed by atoms with Gasteiger partial charge in [-0.1, -0.05) is 0 Å². The topological polar surface area (TPSA) is 78.4 Å². The number of rotatable bonds is 6. The van der Waals surface area contributed by atoms with Gasteiger partial charge in [0.05, 0.1) is 10.6 Å². The quantitative estimate of drug-likeness (QED) is 0.787. The maximum absolute atomic E-state index is 14.5. The molecule has 1 aliphatic rings. The van der Waals surface area contributed by atoms with Crippen LogP contribution in [0.4, 0.5) is 21.7 Å². The van der Waals surface area contributed by atoms with E-state index >= 15 is 0 Å². The fraction of sp³-hybridized carbons (Fsp3) is 0.474. The third-order valence-corrected chi connectivity index (χ3v) is 6.18. The van der Waals surface area contributed by atoms with Gasteiger partial charge in [-0.05, 0) is 50.0 Å². The number of nitrogens with zero attached hydrogens (tertiary/aromatic N) is 4. The van der Waals surface area contributed by atoms with E-state index in [1.165, 1.54) is 18.5 Å². The van der Waals surface area contributed by atoms with Gasteiger partial charge in [0.2, 0.25) is 0 Å². The maximum atomic E-state index is 14.5. The number of nitrogens with one attached hydrogen (secondary N) is 1. The highest BCUT2D eigenvalue weighted by Gasteiger charge is 2.18. The van der Waals surface area contributed by atoms with E-state index in [2.05, 4.69) is 20.2 Å². The summed E-state index contributed by atoms with van der Waals surface area (Å²) in [6.45, 7) is 2.98. The fourth-order valence-electron chi connectivity index (χ4n) is 3.39. The van der Waals surface area contributed by atoms with Crippen LogP contribution in [0.5, 0.6) is 0 Å². The molecule has 0 spiro atoms. The lowest BCUT2D eigenvalue weighted by molar-refractivity contribution is 0.377. The van der Waals surface area contributed by atoms with Crippen LogP contribution in [0.3, 0.4) is 0 Å². The molecule has 0 aliphatic carbocycles. The maximum Gasteiger partial charge on any atom is 0.175 e. The predicted molar refractivity (Wildman–Crippen MR) is 108 cm³/mol. The van der Waals surface area contributed by atoms with Gasteiger partial charge in [0, 0.05) is 33.0 Å². The summed E-state index contributed by atoms with van der Waals surface area (Å²) in [6.07, 6.45) is 4.79. The Morgan fingerprint density at radius 3 is 2.46 bits per heavy atom. The first-order chi connectivity index (χ1) is 13.3. The van der Waals surface area contributed by atoms with E-state index in [4.69, 9.17) is 0 Å². The van der Waals surface area contributed by atoms with Crippen LogP contribution in [-0.4, -0.2) is 58.4 Å². The minimum absolute atomic E-state index is 0.0489. The lowest BCUT2D eigenvalue weighted by Crippen LogP contribution is -2.34. The molecule has 2 aromatic rings. The first kappa shape index (κ1) is 20.5. The number of anilines is 3. The zero-order chi connectivity index (χ0) is 20.3. The van der Waals surface area contributed by atoms with Crippen molar-refractivity contribution in [2.45, 2.75) is 17.7 Å². The molecule has 1 N–H and O–H groups in total. The van der Waals surface area contributed by atoms with E-state index in [9.17, 15) is 12.8 Å². The Morgan fingerprint density at radius 1 is 1.14 bits per heavy atom. The highest BCUT2D eigenvalue weighted by molar-refractivity contribution is 7.90. The van der Waals surface area contributed by atoms with Crippen molar-refractivity contribution in [3.8, 4) is 0 Å². The van der Waals surface area contributed by atoms with Crippen molar-refractivity contribution >= 4 is 27.2 Å². The third-order valence-electron chi connectivity index (χ3n) is 5.07. The third kappa shape index (κ3) is 4.77. The zero-order valence-electron chi connectivity index (χ0n) is 16.4. The van der Waals surface area contributed by atoms with E-state index in [0.29, 0.717) is 11.7 Å². The largest absolute Gasteiger partial charge is 0.359 e. The van der Waals surface area contributed by atoms with Crippen molar-refractivity contribution in [1.82, 2.24) is 15.3 Å². The van der Waals surface area contributed by atoms with Crippen LogP contribution in [0.2, 0.25) is 0 Å². The summed E-state index contributed by atoms with van der Waals surface area (Å²) in [4.78, 5) is 12.2. The van der Waals surface area contributed by atoms with Crippen molar-refractivity contribution < 1.29 is 12.8 Å². The van der Waals surface area contributed by atoms with Crippen LogP contribution >= 0.6 is 0 Å². The van der Waals surface area contributed by atoms with E-state index in [1.54, 1.807) is 11.9 Å². The van der Waals surface area contributed by atoms with E-state index in [1.807, 2.05) is 13.1 Å². The summed E-state index contributed by atoms with van der Waals surface area (Å²) < 4.78 is 37.7. The summed E-state index contributed by atoms with van der Waals surface area (Å²) in [5, 5.41) is 3.36. The molecule has 0 bridgehead atoms. The Hall–Kier alpha value is -2.26. The van der Waals surface area contributed by atoms with Gasteiger partial charge in [0.1, 0.15) is 23.8 Å². The number of sulfone groups is 1. The van der Waals surface area contributed by atoms with Gasteiger partial charge in [-0.25, -0.2) is 22.8 Å². The average Bonchev–Trinajstić information content (AvgIpc) is 2.67. The summed E-state index contributed by atoms with van der Waals surface area (Å²) in [7, 11) is 0.228. The number of aromatic nitrogens is 2. The standard InChI is InChI=1S/C19H26FN5O2S/c1-24(12-14-6-8-21-9-7-14)18-11-19(23-13-22-18)25(2)17-5-4-15(10-16(17)20)28(3,26)27/h4-5,10-11,13-14,21H,6-9,12H2,1-3H3. The summed E-state index contributed by atoms with van der Waals surface area (Å²) in [6, 6.07) is 5.69. The number of piperidine rings is 1. The van der Waals surface area contributed by atoms with Crippen LogP contribution < -0.4 is 15.1 Å². The molecule has 1 saturated heterocycles. The lowest BCUT2D eigenvalue weighted by Gasteiger charge is -2.28. The molecule has 1 aliphatic heterocycles. The zero-order valence-corrected chi connectivity index (χ0v) is 17.2. The Morgan fingerprint density at radius 2 is 1.82 bits per heavy atom. The Labute approximate surface area is 165 Å². The average molecular weight is 408 g/mol. The van der Waals surface area contributed by atoms with Gasteiger partial charge in [-0.3, -0.25) is 0 Å². The number of hydrogen-bond donors (Lipinski definition) is 1. The number of halogens is 1. The molecule has 1 aromatic carbocycles. The van der Waals surface area contributed by atoms with Crippen molar-refractivity contribution in [2.75, 3.05) is 49.8 Å². The monoisotopic (exact) mass is 407 g/mol. The highest BCUT2D eigenvalue weighted by Crippen LogP contribution is 2.28. The molecule has 9 heteroatoms.